The number of nitrogens with one attached hydrogen (secondary N) is 1. The molecule has 2 aromatic heterocycles. The van der Waals surface area contributed by atoms with Crippen LogP contribution in [0.5, 0.6) is 0 Å². The van der Waals surface area contributed by atoms with Gasteiger partial charge < -0.3 is 9.73 Å². The average Bonchev–Trinajstić information content (AvgIpc) is 3.31. The lowest BCUT2D eigenvalue weighted by molar-refractivity contribution is -0.111. The summed E-state index contributed by atoms with van der Waals surface area (Å²) in [5.74, 6) is 1.10. The van der Waals surface area contributed by atoms with Crippen LogP contribution < -0.4 is 5.32 Å². The molecule has 3 aromatic rings. The van der Waals surface area contributed by atoms with Crippen molar-refractivity contribution >= 4 is 28.3 Å². The third-order valence-corrected chi connectivity index (χ3v) is 5.81. The second-order valence-corrected chi connectivity index (χ2v) is 7.52. The van der Waals surface area contributed by atoms with Crippen LogP contribution >= 0.6 is 11.3 Å². The summed E-state index contributed by atoms with van der Waals surface area (Å²) in [6.45, 7) is 0. The molecule has 0 unspecified atom stereocenters. The van der Waals surface area contributed by atoms with Gasteiger partial charge in [0.2, 0.25) is 5.91 Å². The number of anilines is 1. The maximum Gasteiger partial charge on any atom is 0.249 e. The number of thiophene rings is 1. The SMILES string of the molecule is N#Cc1c(NC(=O)C=Cc2ccc(-c3ccccc3)o2)sc2c1CCCC2. The minimum absolute atomic E-state index is 0.261. The molecule has 0 atom stereocenters. The monoisotopic (exact) mass is 374 g/mol. The molecule has 1 aliphatic rings. The Balaban J connectivity index is 1.47. The topological polar surface area (TPSA) is 66.0 Å². The van der Waals surface area contributed by atoms with Crippen LogP contribution in [0.1, 0.15) is 34.6 Å². The molecule has 1 N–H and O–H groups in total. The van der Waals surface area contributed by atoms with Crippen LogP contribution in [0.4, 0.5) is 5.00 Å². The molecule has 0 bridgehead atoms. The molecule has 0 spiro atoms. The number of benzene rings is 1. The van der Waals surface area contributed by atoms with E-state index in [9.17, 15) is 10.1 Å². The quantitative estimate of drug-likeness (QED) is 0.621. The van der Waals surface area contributed by atoms with Crippen molar-refractivity contribution in [1.29, 1.82) is 5.26 Å². The van der Waals surface area contributed by atoms with E-state index in [-0.39, 0.29) is 5.91 Å². The van der Waals surface area contributed by atoms with E-state index in [0.29, 0.717) is 16.3 Å². The van der Waals surface area contributed by atoms with Crippen molar-refractivity contribution in [2.45, 2.75) is 25.7 Å². The number of nitrogens with zero attached hydrogens (tertiary/aromatic N) is 1. The van der Waals surface area contributed by atoms with E-state index in [1.54, 1.807) is 6.08 Å². The Morgan fingerprint density at radius 3 is 2.78 bits per heavy atom. The first-order valence-electron chi connectivity index (χ1n) is 8.93. The number of hydrogen-bond donors (Lipinski definition) is 1. The van der Waals surface area contributed by atoms with Crippen LogP contribution in [0.3, 0.4) is 0 Å². The lowest BCUT2D eigenvalue weighted by atomic mass is 9.96. The van der Waals surface area contributed by atoms with Crippen LogP contribution in [-0.2, 0) is 17.6 Å². The highest BCUT2D eigenvalue weighted by Crippen LogP contribution is 2.37. The number of hydrogen-bond acceptors (Lipinski definition) is 4. The lowest BCUT2D eigenvalue weighted by Gasteiger charge is -2.09. The third kappa shape index (κ3) is 3.71. The summed E-state index contributed by atoms with van der Waals surface area (Å²) in [7, 11) is 0. The molecule has 0 saturated carbocycles. The Hall–Kier alpha value is -3.10. The first-order valence-corrected chi connectivity index (χ1v) is 9.75. The van der Waals surface area contributed by atoms with E-state index in [2.05, 4.69) is 11.4 Å². The van der Waals surface area contributed by atoms with Gasteiger partial charge in [0.15, 0.2) is 0 Å². The predicted octanol–water partition coefficient (Wildman–Crippen LogP) is 5.41. The van der Waals surface area contributed by atoms with E-state index in [1.807, 2.05) is 42.5 Å². The normalized spacial score (nSPS) is 13.3. The van der Waals surface area contributed by atoms with Crippen LogP contribution in [0.15, 0.2) is 53.0 Å². The van der Waals surface area contributed by atoms with E-state index in [1.165, 1.54) is 22.3 Å². The minimum atomic E-state index is -0.261. The van der Waals surface area contributed by atoms with Gasteiger partial charge in [-0.3, -0.25) is 4.79 Å². The summed E-state index contributed by atoms with van der Waals surface area (Å²) in [5, 5.41) is 13.0. The number of fused-ring (bicyclic) bond motifs is 1. The highest BCUT2D eigenvalue weighted by Gasteiger charge is 2.21. The summed E-state index contributed by atoms with van der Waals surface area (Å²) in [5.41, 5.74) is 2.73. The number of aryl methyl sites for hydroxylation is 1. The fraction of sp³-hybridized carbons (Fsp3) is 0.182. The molecule has 4 rings (SSSR count). The van der Waals surface area contributed by atoms with E-state index in [4.69, 9.17) is 4.42 Å². The highest BCUT2D eigenvalue weighted by molar-refractivity contribution is 7.16. The van der Waals surface area contributed by atoms with Crippen molar-refractivity contribution in [2.75, 3.05) is 5.32 Å². The first kappa shape index (κ1) is 17.3. The number of carbonyl (C=O) groups is 1. The number of furan rings is 1. The Labute approximate surface area is 161 Å². The first-order chi connectivity index (χ1) is 13.2. The number of nitriles is 1. The van der Waals surface area contributed by atoms with Crippen molar-refractivity contribution in [1.82, 2.24) is 0 Å². The Bertz CT molecular complexity index is 1040. The largest absolute Gasteiger partial charge is 0.457 e. The van der Waals surface area contributed by atoms with Gasteiger partial charge in [-0.2, -0.15) is 5.26 Å². The molecule has 1 aliphatic carbocycles. The van der Waals surface area contributed by atoms with Crippen molar-refractivity contribution < 1.29 is 9.21 Å². The van der Waals surface area contributed by atoms with Gasteiger partial charge in [0.1, 0.15) is 22.6 Å². The fourth-order valence-electron chi connectivity index (χ4n) is 3.28. The summed E-state index contributed by atoms with van der Waals surface area (Å²) in [6.07, 6.45) is 7.25. The van der Waals surface area contributed by atoms with E-state index < -0.39 is 0 Å². The molecular weight excluding hydrogens is 356 g/mol. The molecule has 0 aliphatic heterocycles. The summed E-state index contributed by atoms with van der Waals surface area (Å²) in [4.78, 5) is 13.5. The fourth-order valence-corrected chi connectivity index (χ4v) is 4.53. The molecule has 1 aromatic carbocycles. The highest BCUT2D eigenvalue weighted by atomic mass is 32.1. The zero-order chi connectivity index (χ0) is 18.6. The molecule has 0 radical (unpaired) electrons. The Morgan fingerprint density at radius 1 is 1.15 bits per heavy atom. The molecule has 5 heteroatoms. The predicted molar refractivity (Wildman–Crippen MR) is 107 cm³/mol. The van der Waals surface area contributed by atoms with E-state index in [0.717, 1.165) is 42.6 Å². The van der Waals surface area contributed by atoms with Gasteiger partial charge in [-0.25, -0.2) is 0 Å². The van der Waals surface area contributed by atoms with Crippen molar-refractivity contribution in [3.8, 4) is 17.4 Å². The van der Waals surface area contributed by atoms with Crippen LogP contribution in [-0.4, -0.2) is 5.91 Å². The molecule has 1 amide bonds. The summed E-state index contributed by atoms with van der Waals surface area (Å²) >= 11 is 1.53. The standard InChI is InChI=1S/C22H18N2O2S/c23-14-18-17-8-4-5-9-20(17)27-22(18)24-21(25)13-11-16-10-12-19(26-16)15-6-2-1-3-7-15/h1-3,6-7,10-13H,4-5,8-9H2,(H,24,25). The van der Waals surface area contributed by atoms with Crippen molar-refractivity contribution in [3.05, 3.63) is 70.3 Å². The zero-order valence-electron chi connectivity index (χ0n) is 14.7. The van der Waals surface area contributed by atoms with Crippen LogP contribution in [0, 0.1) is 11.3 Å². The van der Waals surface area contributed by atoms with Gasteiger partial charge in [0.25, 0.3) is 0 Å². The number of rotatable bonds is 4. The van der Waals surface area contributed by atoms with Gasteiger partial charge in [0, 0.05) is 16.5 Å². The van der Waals surface area contributed by atoms with Gasteiger partial charge in [0.05, 0.1) is 5.56 Å². The second kappa shape index (κ2) is 7.65. The molecule has 0 saturated heterocycles. The lowest BCUT2D eigenvalue weighted by Crippen LogP contribution is -2.07. The molecule has 4 nitrogen and oxygen atoms in total. The van der Waals surface area contributed by atoms with Gasteiger partial charge in [-0.15, -0.1) is 11.3 Å². The van der Waals surface area contributed by atoms with E-state index >= 15 is 0 Å². The third-order valence-electron chi connectivity index (χ3n) is 4.60. The van der Waals surface area contributed by atoms with Crippen molar-refractivity contribution in [2.24, 2.45) is 0 Å². The van der Waals surface area contributed by atoms with Gasteiger partial charge in [-0.05, 0) is 49.5 Å². The molecule has 27 heavy (non-hydrogen) atoms. The Morgan fingerprint density at radius 2 is 1.96 bits per heavy atom. The van der Waals surface area contributed by atoms with Crippen molar-refractivity contribution in [3.63, 3.8) is 0 Å². The molecule has 134 valence electrons. The minimum Gasteiger partial charge on any atom is -0.457 e. The smallest absolute Gasteiger partial charge is 0.249 e. The molecule has 2 heterocycles. The molecular formula is C22H18N2O2S. The Kier molecular flexibility index (Phi) is 4.91. The van der Waals surface area contributed by atoms with Gasteiger partial charge >= 0.3 is 0 Å². The summed E-state index contributed by atoms with van der Waals surface area (Å²) < 4.78 is 5.76. The average molecular weight is 374 g/mol. The van der Waals surface area contributed by atoms with Gasteiger partial charge in [-0.1, -0.05) is 30.3 Å². The van der Waals surface area contributed by atoms with Crippen LogP contribution in [0.2, 0.25) is 0 Å². The van der Waals surface area contributed by atoms with Crippen LogP contribution in [0.25, 0.3) is 17.4 Å². The second-order valence-electron chi connectivity index (χ2n) is 6.42. The number of carbonyl (C=O) groups excluding carboxylic acids is 1. The maximum absolute atomic E-state index is 12.3. The maximum atomic E-state index is 12.3. The summed E-state index contributed by atoms with van der Waals surface area (Å²) in [6, 6.07) is 15.8. The molecule has 0 fully saturated rings. The zero-order valence-corrected chi connectivity index (χ0v) is 15.5. The number of amides is 1.